The highest BCUT2D eigenvalue weighted by atomic mass is 16.5. The molecular weight excluding hydrogens is 230 g/mol. The summed E-state index contributed by atoms with van der Waals surface area (Å²) in [7, 11) is 0. The van der Waals surface area contributed by atoms with E-state index >= 15 is 0 Å². The number of benzene rings is 1. The van der Waals surface area contributed by atoms with E-state index in [0.717, 1.165) is 32.2 Å². The van der Waals surface area contributed by atoms with E-state index in [1.165, 1.54) is 0 Å². The number of aliphatic hydroxyl groups is 1. The van der Waals surface area contributed by atoms with Crippen LogP contribution in [0.15, 0.2) is 30.3 Å². The van der Waals surface area contributed by atoms with E-state index in [-0.39, 0.29) is 0 Å². The summed E-state index contributed by atoms with van der Waals surface area (Å²) in [5.41, 5.74) is 4.34. The van der Waals surface area contributed by atoms with E-state index in [0.29, 0.717) is 12.2 Å². The number of esters is 1. The monoisotopic (exact) mass is 252 g/mol. The van der Waals surface area contributed by atoms with Gasteiger partial charge >= 0.3 is 5.97 Å². The van der Waals surface area contributed by atoms with Gasteiger partial charge in [0.05, 0.1) is 13.2 Å². The Morgan fingerprint density at radius 2 is 1.83 bits per heavy atom. The minimum absolute atomic E-state index is 0.375. The van der Waals surface area contributed by atoms with Gasteiger partial charge in [-0.2, -0.15) is 0 Å². The fourth-order valence-electron chi connectivity index (χ4n) is 1.66. The van der Waals surface area contributed by atoms with E-state index < -0.39 is 12.1 Å². The minimum Gasteiger partial charge on any atom is -0.464 e. The highest BCUT2D eigenvalue weighted by molar-refractivity contribution is 5.76. The zero-order valence-corrected chi connectivity index (χ0v) is 10.7. The molecule has 1 unspecified atom stereocenters. The molecule has 4 nitrogen and oxygen atoms in total. The molecule has 0 aliphatic carbocycles. The Balaban J connectivity index is 2.20. The van der Waals surface area contributed by atoms with Crippen LogP contribution in [0.3, 0.4) is 0 Å². The maximum atomic E-state index is 11.6. The third-order valence-electron chi connectivity index (χ3n) is 2.73. The van der Waals surface area contributed by atoms with Crippen LogP contribution in [0.2, 0.25) is 0 Å². The van der Waals surface area contributed by atoms with E-state index in [9.17, 15) is 9.90 Å². The molecule has 0 saturated heterocycles. The lowest BCUT2D eigenvalue weighted by atomic mass is 10.1. The van der Waals surface area contributed by atoms with Gasteiger partial charge in [0.2, 0.25) is 0 Å². The zero-order chi connectivity index (χ0) is 13.2. The summed E-state index contributed by atoms with van der Waals surface area (Å²) in [4.78, 5) is 11.6. The van der Waals surface area contributed by atoms with Crippen LogP contribution in [0.25, 0.3) is 0 Å². The predicted octanol–water partition coefficient (Wildman–Crippen LogP) is 1.07. The Morgan fingerprint density at radius 1 is 1.17 bits per heavy atom. The maximum Gasteiger partial charge on any atom is 0.339 e. The fraction of sp³-hybridized carbons (Fsp3) is 0.500. The van der Waals surface area contributed by atoms with Crippen molar-refractivity contribution in [1.29, 1.82) is 0 Å². The SMILES string of the molecule is [NH3+]CCCCCCOC(=O)C(O)c1ccccc1. The first-order valence-corrected chi connectivity index (χ1v) is 6.44. The molecule has 0 spiro atoms. The standard InChI is InChI=1S/C14H21NO3/c15-10-6-1-2-7-11-18-14(17)13(16)12-8-4-3-5-9-12/h3-5,8-9,13,16H,1-2,6-7,10-11,15H2/p+1. The third-order valence-corrected chi connectivity index (χ3v) is 2.73. The van der Waals surface area contributed by atoms with E-state index in [1.54, 1.807) is 24.3 Å². The van der Waals surface area contributed by atoms with Crippen LogP contribution in [-0.2, 0) is 9.53 Å². The number of hydrogen-bond acceptors (Lipinski definition) is 3. The van der Waals surface area contributed by atoms with Crippen molar-refractivity contribution >= 4 is 5.97 Å². The molecule has 1 aromatic rings. The average molecular weight is 252 g/mol. The smallest absolute Gasteiger partial charge is 0.339 e. The normalized spacial score (nSPS) is 12.1. The quantitative estimate of drug-likeness (QED) is 0.537. The van der Waals surface area contributed by atoms with Crippen LogP contribution < -0.4 is 5.73 Å². The molecule has 0 radical (unpaired) electrons. The molecule has 0 aliphatic rings. The predicted molar refractivity (Wildman–Crippen MR) is 68.6 cm³/mol. The largest absolute Gasteiger partial charge is 0.464 e. The molecule has 4 heteroatoms. The minimum atomic E-state index is -1.17. The molecular formula is C14H22NO3+. The molecule has 0 bridgehead atoms. The van der Waals surface area contributed by atoms with Crippen molar-refractivity contribution in [3.05, 3.63) is 35.9 Å². The molecule has 1 aromatic carbocycles. The first-order chi connectivity index (χ1) is 8.75. The molecule has 4 N–H and O–H groups in total. The molecule has 18 heavy (non-hydrogen) atoms. The molecule has 100 valence electrons. The Labute approximate surface area is 108 Å². The van der Waals surface area contributed by atoms with Gasteiger partial charge in [-0.1, -0.05) is 30.3 Å². The van der Waals surface area contributed by atoms with Crippen molar-refractivity contribution in [3.8, 4) is 0 Å². The first-order valence-electron chi connectivity index (χ1n) is 6.44. The second-order valence-electron chi connectivity index (χ2n) is 4.25. The van der Waals surface area contributed by atoms with Gasteiger partial charge in [-0.15, -0.1) is 0 Å². The van der Waals surface area contributed by atoms with Crippen LogP contribution in [0.5, 0.6) is 0 Å². The van der Waals surface area contributed by atoms with Crippen LogP contribution in [0.4, 0.5) is 0 Å². The summed E-state index contributed by atoms with van der Waals surface area (Å²) in [5.74, 6) is -0.571. The van der Waals surface area contributed by atoms with Crippen molar-refractivity contribution < 1.29 is 20.4 Å². The van der Waals surface area contributed by atoms with Crippen molar-refractivity contribution in [2.45, 2.75) is 31.8 Å². The highest BCUT2D eigenvalue weighted by Crippen LogP contribution is 2.13. The molecule has 0 aliphatic heterocycles. The van der Waals surface area contributed by atoms with E-state index in [2.05, 4.69) is 5.73 Å². The average Bonchev–Trinajstić information content (AvgIpc) is 2.42. The van der Waals surface area contributed by atoms with Crippen LogP contribution >= 0.6 is 0 Å². The highest BCUT2D eigenvalue weighted by Gasteiger charge is 2.17. The second-order valence-corrected chi connectivity index (χ2v) is 4.25. The number of quaternary nitrogens is 1. The first kappa shape index (κ1) is 14.7. The number of rotatable bonds is 8. The number of unbranched alkanes of at least 4 members (excludes halogenated alkanes) is 3. The molecule has 1 atom stereocenters. The summed E-state index contributed by atoms with van der Waals surface area (Å²) in [5, 5.41) is 9.75. The Kier molecular flexibility index (Phi) is 7.06. The Morgan fingerprint density at radius 3 is 2.50 bits per heavy atom. The zero-order valence-electron chi connectivity index (χ0n) is 10.7. The fourth-order valence-corrected chi connectivity index (χ4v) is 1.66. The number of hydrogen-bond donors (Lipinski definition) is 2. The summed E-state index contributed by atoms with van der Waals surface area (Å²) >= 11 is 0. The molecule has 0 fully saturated rings. The van der Waals surface area contributed by atoms with Crippen molar-refractivity contribution in [2.75, 3.05) is 13.2 Å². The lowest BCUT2D eigenvalue weighted by Crippen LogP contribution is -2.50. The van der Waals surface area contributed by atoms with Gasteiger partial charge < -0.3 is 15.6 Å². The Bertz CT molecular complexity index is 340. The van der Waals surface area contributed by atoms with Crippen molar-refractivity contribution in [3.63, 3.8) is 0 Å². The van der Waals surface area contributed by atoms with Crippen LogP contribution in [0, 0.1) is 0 Å². The summed E-state index contributed by atoms with van der Waals surface area (Å²) in [6.07, 6.45) is 2.92. The molecule has 0 saturated carbocycles. The summed E-state index contributed by atoms with van der Waals surface area (Å²) < 4.78 is 5.03. The lowest BCUT2D eigenvalue weighted by molar-refractivity contribution is -0.368. The van der Waals surface area contributed by atoms with Gasteiger partial charge in [-0.3, -0.25) is 0 Å². The molecule has 0 heterocycles. The topological polar surface area (TPSA) is 74.2 Å². The number of carbonyl (C=O) groups excluding carboxylic acids is 1. The lowest BCUT2D eigenvalue weighted by Gasteiger charge is -2.10. The molecule has 0 aromatic heterocycles. The second kappa shape index (κ2) is 8.66. The van der Waals surface area contributed by atoms with Gasteiger partial charge in [-0.25, -0.2) is 4.79 Å². The number of ether oxygens (including phenoxy) is 1. The maximum absolute atomic E-state index is 11.6. The number of aliphatic hydroxyl groups excluding tert-OH is 1. The van der Waals surface area contributed by atoms with Gasteiger partial charge in [0.25, 0.3) is 0 Å². The van der Waals surface area contributed by atoms with E-state index in [1.807, 2.05) is 6.07 Å². The van der Waals surface area contributed by atoms with Gasteiger partial charge in [-0.05, 0) is 31.2 Å². The van der Waals surface area contributed by atoms with Crippen molar-refractivity contribution in [1.82, 2.24) is 0 Å². The third kappa shape index (κ3) is 5.29. The molecule has 0 amide bonds. The van der Waals surface area contributed by atoms with Gasteiger partial charge in [0.15, 0.2) is 6.10 Å². The van der Waals surface area contributed by atoms with Crippen molar-refractivity contribution in [2.24, 2.45) is 0 Å². The summed E-state index contributed by atoms with van der Waals surface area (Å²) in [6.45, 7) is 1.33. The molecule has 1 rings (SSSR count). The summed E-state index contributed by atoms with van der Waals surface area (Å²) in [6, 6.07) is 8.82. The van der Waals surface area contributed by atoms with Gasteiger partial charge in [0, 0.05) is 0 Å². The van der Waals surface area contributed by atoms with Crippen LogP contribution in [0.1, 0.15) is 37.4 Å². The number of carbonyl (C=O) groups is 1. The Hall–Kier alpha value is -1.39. The van der Waals surface area contributed by atoms with Crippen LogP contribution in [-0.4, -0.2) is 24.2 Å². The van der Waals surface area contributed by atoms with E-state index in [4.69, 9.17) is 4.74 Å². The van der Waals surface area contributed by atoms with Gasteiger partial charge in [0.1, 0.15) is 0 Å².